The van der Waals surface area contributed by atoms with Crippen molar-refractivity contribution in [3.05, 3.63) is 28.5 Å². The zero-order valence-corrected chi connectivity index (χ0v) is 12.7. The Kier molecular flexibility index (Phi) is 3.02. The molecule has 1 aliphatic rings. The Balaban J connectivity index is 2.06. The molecule has 1 N–H and O–H groups in total. The first kappa shape index (κ1) is 12.9. The van der Waals surface area contributed by atoms with Crippen LogP contribution in [-0.4, -0.2) is 34.1 Å². The largest absolute Gasteiger partial charge is 0.331 e. The summed E-state index contributed by atoms with van der Waals surface area (Å²) in [5.41, 5.74) is 3.93. The average molecular weight is 275 g/mol. The molecule has 0 amide bonds. The Labute approximate surface area is 119 Å². The van der Waals surface area contributed by atoms with E-state index in [1.165, 1.54) is 30.3 Å². The first-order valence-corrected chi connectivity index (χ1v) is 7.29. The van der Waals surface area contributed by atoms with Gasteiger partial charge >= 0.3 is 0 Å². The number of benzene rings is 1. The van der Waals surface area contributed by atoms with Crippen molar-refractivity contribution in [2.45, 2.75) is 38.3 Å². The van der Waals surface area contributed by atoms with Gasteiger partial charge in [-0.3, -0.25) is 0 Å². The highest BCUT2D eigenvalue weighted by molar-refractivity contribution is 7.71. The SMILES string of the molecule is Cc1ccc2c(c1)[nH]c(=S)n2CC1(N(C)C)CCC1. The van der Waals surface area contributed by atoms with Crippen molar-refractivity contribution in [2.24, 2.45) is 0 Å². The van der Waals surface area contributed by atoms with Gasteiger partial charge in [0.05, 0.1) is 11.0 Å². The van der Waals surface area contributed by atoms with Crippen molar-refractivity contribution >= 4 is 23.3 Å². The highest BCUT2D eigenvalue weighted by atomic mass is 32.1. The maximum Gasteiger partial charge on any atom is 0.178 e. The molecular formula is C15H21N3S. The number of H-pyrrole nitrogens is 1. The molecule has 0 spiro atoms. The quantitative estimate of drug-likeness (QED) is 0.867. The second kappa shape index (κ2) is 4.46. The van der Waals surface area contributed by atoms with Crippen LogP contribution < -0.4 is 0 Å². The third-order valence-corrected chi connectivity index (χ3v) is 4.94. The number of aromatic nitrogens is 2. The van der Waals surface area contributed by atoms with E-state index in [1.807, 2.05) is 0 Å². The smallest absolute Gasteiger partial charge is 0.178 e. The molecule has 0 radical (unpaired) electrons. The van der Waals surface area contributed by atoms with Gasteiger partial charge in [0, 0.05) is 12.1 Å². The summed E-state index contributed by atoms with van der Waals surface area (Å²) in [7, 11) is 4.36. The van der Waals surface area contributed by atoms with Crippen LogP contribution in [0.25, 0.3) is 11.0 Å². The minimum atomic E-state index is 0.290. The number of rotatable bonds is 3. The lowest BCUT2D eigenvalue weighted by Gasteiger charge is -2.47. The van der Waals surface area contributed by atoms with E-state index in [4.69, 9.17) is 12.2 Å². The number of nitrogens with zero attached hydrogens (tertiary/aromatic N) is 2. The first-order valence-electron chi connectivity index (χ1n) is 6.88. The van der Waals surface area contributed by atoms with Gasteiger partial charge in [-0.05, 0) is 70.2 Å². The Bertz CT molecular complexity index is 662. The molecule has 1 heterocycles. The Morgan fingerprint density at radius 1 is 1.37 bits per heavy atom. The molecule has 4 heteroatoms. The third-order valence-electron chi connectivity index (χ3n) is 4.61. The van der Waals surface area contributed by atoms with Crippen LogP contribution in [0, 0.1) is 11.7 Å². The Morgan fingerprint density at radius 3 is 2.68 bits per heavy atom. The topological polar surface area (TPSA) is 24.0 Å². The number of aryl methyl sites for hydroxylation is 1. The van der Waals surface area contributed by atoms with E-state index in [1.54, 1.807) is 0 Å². The summed E-state index contributed by atoms with van der Waals surface area (Å²) in [4.78, 5) is 5.70. The normalized spacial score (nSPS) is 17.9. The second-order valence-electron chi connectivity index (χ2n) is 6.01. The highest BCUT2D eigenvalue weighted by Gasteiger charge is 2.39. The van der Waals surface area contributed by atoms with Crippen LogP contribution in [0.3, 0.4) is 0 Å². The Hall–Kier alpha value is -1.13. The van der Waals surface area contributed by atoms with Gasteiger partial charge in [-0.15, -0.1) is 0 Å². The van der Waals surface area contributed by atoms with E-state index in [0.29, 0.717) is 0 Å². The number of likely N-dealkylation sites (N-methyl/N-ethyl adjacent to an activating group) is 1. The second-order valence-corrected chi connectivity index (χ2v) is 6.40. The molecule has 2 aromatic rings. The van der Waals surface area contributed by atoms with Crippen LogP contribution >= 0.6 is 12.2 Å². The van der Waals surface area contributed by atoms with Gasteiger partial charge in [-0.2, -0.15) is 0 Å². The van der Waals surface area contributed by atoms with Crippen LogP contribution in [0.1, 0.15) is 24.8 Å². The number of aromatic amines is 1. The fourth-order valence-electron chi connectivity index (χ4n) is 3.06. The van der Waals surface area contributed by atoms with Crippen molar-refractivity contribution in [1.82, 2.24) is 14.5 Å². The summed E-state index contributed by atoms with van der Waals surface area (Å²) in [6.45, 7) is 3.10. The molecule has 3 nitrogen and oxygen atoms in total. The molecule has 3 rings (SSSR count). The summed E-state index contributed by atoms with van der Waals surface area (Å²) in [6, 6.07) is 6.51. The van der Waals surface area contributed by atoms with E-state index in [-0.39, 0.29) is 5.54 Å². The zero-order valence-electron chi connectivity index (χ0n) is 11.9. The minimum absolute atomic E-state index is 0.290. The van der Waals surface area contributed by atoms with Gasteiger partial charge in [0.1, 0.15) is 0 Å². The summed E-state index contributed by atoms with van der Waals surface area (Å²) in [5, 5.41) is 0. The Morgan fingerprint density at radius 2 is 2.11 bits per heavy atom. The third kappa shape index (κ3) is 2.03. The van der Waals surface area contributed by atoms with Gasteiger partial charge in [-0.1, -0.05) is 6.07 Å². The van der Waals surface area contributed by atoms with Crippen molar-refractivity contribution in [3.8, 4) is 0 Å². The molecule has 1 saturated carbocycles. The molecular weight excluding hydrogens is 254 g/mol. The summed E-state index contributed by atoms with van der Waals surface area (Å²) < 4.78 is 3.11. The lowest BCUT2D eigenvalue weighted by atomic mass is 9.75. The van der Waals surface area contributed by atoms with Crippen LogP contribution in [-0.2, 0) is 6.54 Å². The lowest BCUT2D eigenvalue weighted by molar-refractivity contribution is 0.0431. The molecule has 102 valence electrons. The van der Waals surface area contributed by atoms with Crippen molar-refractivity contribution in [1.29, 1.82) is 0 Å². The van der Waals surface area contributed by atoms with E-state index in [0.717, 1.165) is 16.8 Å². The van der Waals surface area contributed by atoms with E-state index in [9.17, 15) is 0 Å². The molecule has 1 fully saturated rings. The van der Waals surface area contributed by atoms with Gasteiger partial charge in [0.15, 0.2) is 4.77 Å². The standard InChI is InChI=1S/C15H21N3S/c1-11-5-6-13-12(9-11)16-14(19)18(13)10-15(17(2)3)7-4-8-15/h5-6,9H,4,7-8,10H2,1-3H3,(H,16,19). The molecule has 0 bridgehead atoms. The molecule has 0 atom stereocenters. The van der Waals surface area contributed by atoms with Crippen LogP contribution in [0.15, 0.2) is 18.2 Å². The van der Waals surface area contributed by atoms with Crippen molar-refractivity contribution in [3.63, 3.8) is 0 Å². The predicted octanol–water partition coefficient (Wildman–Crippen LogP) is 3.49. The summed E-state index contributed by atoms with van der Waals surface area (Å²) >= 11 is 5.51. The fourth-order valence-corrected chi connectivity index (χ4v) is 3.33. The summed E-state index contributed by atoms with van der Waals surface area (Å²) in [6.07, 6.45) is 3.85. The molecule has 0 unspecified atom stereocenters. The molecule has 19 heavy (non-hydrogen) atoms. The molecule has 1 aromatic carbocycles. The van der Waals surface area contributed by atoms with Gasteiger partial charge in [0.25, 0.3) is 0 Å². The minimum Gasteiger partial charge on any atom is -0.331 e. The van der Waals surface area contributed by atoms with Crippen molar-refractivity contribution < 1.29 is 0 Å². The van der Waals surface area contributed by atoms with Crippen LogP contribution in [0.5, 0.6) is 0 Å². The zero-order chi connectivity index (χ0) is 13.6. The van der Waals surface area contributed by atoms with E-state index >= 15 is 0 Å². The number of imidazole rings is 1. The fraction of sp³-hybridized carbons (Fsp3) is 0.533. The number of hydrogen-bond acceptors (Lipinski definition) is 2. The van der Waals surface area contributed by atoms with E-state index in [2.05, 4.69) is 53.7 Å². The molecule has 0 saturated heterocycles. The van der Waals surface area contributed by atoms with Crippen LogP contribution in [0.4, 0.5) is 0 Å². The predicted molar refractivity (Wildman–Crippen MR) is 82.1 cm³/mol. The number of fused-ring (bicyclic) bond motifs is 1. The molecule has 1 aliphatic carbocycles. The van der Waals surface area contributed by atoms with Gasteiger partial charge in [-0.25, -0.2) is 0 Å². The maximum atomic E-state index is 5.51. The van der Waals surface area contributed by atoms with Gasteiger partial charge < -0.3 is 14.5 Å². The first-order chi connectivity index (χ1) is 9.02. The average Bonchev–Trinajstić information content (AvgIpc) is 2.58. The molecule has 0 aliphatic heterocycles. The number of nitrogens with one attached hydrogen (secondary N) is 1. The number of hydrogen-bond donors (Lipinski definition) is 1. The van der Waals surface area contributed by atoms with Crippen molar-refractivity contribution in [2.75, 3.05) is 14.1 Å². The van der Waals surface area contributed by atoms with E-state index < -0.39 is 0 Å². The maximum absolute atomic E-state index is 5.51. The van der Waals surface area contributed by atoms with Crippen LogP contribution in [0.2, 0.25) is 0 Å². The lowest BCUT2D eigenvalue weighted by Crippen LogP contribution is -2.53. The molecule has 1 aromatic heterocycles. The monoisotopic (exact) mass is 275 g/mol. The van der Waals surface area contributed by atoms with Gasteiger partial charge in [0.2, 0.25) is 0 Å². The summed E-state index contributed by atoms with van der Waals surface area (Å²) in [5.74, 6) is 0. The highest BCUT2D eigenvalue weighted by Crippen LogP contribution is 2.38.